The SMILES string of the molecule is C[C@@H](OC(=O)c1ccc2noc(-c3ccccc3)c2c1)C(=O)NC1(C#N)CCCCC1. The average Bonchev–Trinajstić information content (AvgIpc) is 3.23. The second-order valence-corrected chi connectivity index (χ2v) is 7.90. The molecule has 31 heavy (non-hydrogen) atoms. The summed E-state index contributed by atoms with van der Waals surface area (Å²) in [6.45, 7) is 1.51. The Bertz CT molecular complexity index is 1140. The number of aromatic nitrogens is 1. The predicted octanol–water partition coefficient (Wildman–Crippen LogP) is 4.38. The van der Waals surface area contributed by atoms with Crippen molar-refractivity contribution in [2.75, 3.05) is 0 Å². The van der Waals surface area contributed by atoms with Gasteiger partial charge < -0.3 is 14.6 Å². The second-order valence-electron chi connectivity index (χ2n) is 7.90. The van der Waals surface area contributed by atoms with Gasteiger partial charge in [0.1, 0.15) is 11.1 Å². The number of amides is 1. The first kappa shape index (κ1) is 20.6. The number of nitrogens with zero attached hydrogens (tertiary/aromatic N) is 2. The number of esters is 1. The quantitative estimate of drug-likeness (QED) is 0.618. The topological polar surface area (TPSA) is 105 Å². The van der Waals surface area contributed by atoms with Crippen LogP contribution in [0.25, 0.3) is 22.2 Å². The Morgan fingerprint density at radius 2 is 1.90 bits per heavy atom. The molecule has 158 valence electrons. The summed E-state index contributed by atoms with van der Waals surface area (Å²) in [7, 11) is 0. The van der Waals surface area contributed by atoms with E-state index in [2.05, 4.69) is 16.5 Å². The fourth-order valence-corrected chi connectivity index (χ4v) is 3.91. The third-order valence-corrected chi connectivity index (χ3v) is 5.68. The standard InChI is InChI=1S/C24H23N3O4/c1-16(22(28)26-24(15-25)12-6-3-7-13-24)30-23(29)18-10-11-20-19(14-18)21(31-27-20)17-8-4-2-5-9-17/h2,4-5,8-11,14,16H,3,6-7,12-13H2,1H3,(H,26,28)/t16-/m1/s1. The maximum absolute atomic E-state index is 12.7. The van der Waals surface area contributed by atoms with Crippen molar-refractivity contribution in [1.29, 1.82) is 5.26 Å². The van der Waals surface area contributed by atoms with Crippen molar-refractivity contribution in [3.8, 4) is 17.4 Å². The average molecular weight is 417 g/mol. The zero-order valence-electron chi connectivity index (χ0n) is 17.3. The van der Waals surface area contributed by atoms with Crippen LogP contribution in [0.15, 0.2) is 53.1 Å². The molecule has 0 unspecified atom stereocenters. The van der Waals surface area contributed by atoms with Crippen LogP contribution in [0.1, 0.15) is 49.4 Å². The number of ether oxygens (including phenoxy) is 1. The molecule has 3 aromatic rings. The Hall–Kier alpha value is -3.66. The van der Waals surface area contributed by atoms with Gasteiger partial charge >= 0.3 is 5.97 Å². The molecule has 0 aliphatic heterocycles. The Balaban J connectivity index is 1.49. The highest BCUT2D eigenvalue weighted by Crippen LogP contribution is 2.30. The van der Waals surface area contributed by atoms with E-state index in [1.54, 1.807) is 18.2 Å². The summed E-state index contributed by atoms with van der Waals surface area (Å²) in [6, 6.07) is 16.6. The summed E-state index contributed by atoms with van der Waals surface area (Å²) in [6.07, 6.45) is 3.05. The van der Waals surface area contributed by atoms with Gasteiger partial charge in [0.2, 0.25) is 0 Å². The van der Waals surface area contributed by atoms with Crippen LogP contribution in [-0.4, -0.2) is 28.7 Å². The number of benzene rings is 2. The zero-order valence-corrected chi connectivity index (χ0v) is 17.3. The second kappa shape index (κ2) is 8.60. The number of carbonyl (C=O) groups is 2. The van der Waals surface area contributed by atoms with Crippen LogP contribution in [0.3, 0.4) is 0 Å². The lowest BCUT2D eigenvalue weighted by Gasteiger charge is -2.32. The predicted molar refractivity (Wildman–Crippen MR) is 114 cm³/mol. The van der Waals surface area contributed by atoms with E-state index in [9.17, 15) is 14.9 Å². The van der Waals surface area contributed by atoms with Gasteiger partial charge in [-0.15, -0.1) is 0 Å². The molecule has 1 aromatic heterocycles. The largest absolute Gasteiger partial charge is 0.449 e. The van der Waals surface area contributed by atoms with Crippen molar-refractivity contribution in [3.63, 3.8) is 0 Å². The molecule has 2 aromatic carbocycles. The minimum atomic E-state index is -1.02. The van der Waals surface area contributed by atoms with Crippen LogP contribution in [0, 0.1) is 11.3 Å². The molecule has 0 saturated heterocycles. The molecule has 0 bridgehead atoms. The summed E-state index contributed by atoms with van der Waals surface area (Å²) in [5.74, 6) is -0.531. The highest BCUT2D eigenvalue weighted by Gasteiger charge is 2.35. The van der Waals surface area contributed by atoms with E-state index in [4.69, 9.17) is 9.26 Å². The third kappa shape index (κ3) is 4.29. The first-order valence-corrected chi connectivity index (χ1v) is 10.4. The van der Waals surface area contributed by atoms with Gasteiger partial charge in [0.05, 0.1) is 17.0 Å². The van der Waals surface area contributed by atoms with Crippen molar-refractivity contribution in [3.05, 3.63) is 54.1 Å². The van der Waals surface area contributed by atoms with E-state index in [0.29, 0.717) is 35.1 Å². The maximum atomic E-state index is 12.7. The third-order valence-electron chi connectivity index (χ3n) is 5.68. The van der Waals surface area contributed by atoms with E-state index in [0.717, 1.165) is 24.8 Å². The summed E-state index contributed by atoms with van der Waals surface area (Å²) in [4.78, 5) is 25.3. The van der Waals surface area contributed by atoms with E-state index in [1.165, 1.54) is 6.92 Å². The Labute approximate surface area is 180 Å². The van der Waals surface area contributed by atoms with Gasteiger partial charge in [0.15, 0.2) is 11.9 Å². The number of carbonyl (C=O) groups excluding carboxylic acids is 2. The van der Waals surface area contributed by atoms with E-state index in [-0.39, 0.29) is 0 Å². The molecule has 4 rings (SSSR count). The fraction of sp³-hybridized carbons (Fsp3) is 0.333. The lowest BCUT2D eigenvalue weighted by Crippen LogP contribution is -2.52. The van der Waals surface area contributed by atoms with Gasteiger partial charge in [-0.2, -0.15) is 5.26 Å². The van der Waals surface area contributed by atoms with Gasteiger partial charge in [-0.3, -0.25) is 4.79 Å². The number of hydrogen-bond acceptors (Lipinski definition) is 6. The monoisotopic (exact) mass is 417 g/mol. The Morgan fingerprint density at radius 3 is 2.61 bits per heavy atom. The van der Waals surface area contributed by atoms with Crippen molar-refractivity contribution in [1.82, 2.24) is 10.5 Å². The van der Waals surface area contributed by atoms with Crippen LogP contribution in [0.4, 0.5) is 0 Å². The maximum Gasteiger partial charge on any atom is 0.338 e. The molecule has 0 spiro atoms. The van der Waals surface area contributed by atoms with Crippen LogP contribution in [-0.2, 0) is 9.53 Å². The first-order valence-electron chi connectivity index (χ1n) is 10.4. The summed E-state index contributed by atoms with van der Waals surface area (Å²) in [5, 5.41) is 17.1. The van der Waals surface area contributed by atoms with E-state index in [1.807, 2.05) is 30.3 Å². The van der Waals surface area contributed by atoms with Gasteiger partial charge in [0, 0.05) is 5.56 Å². The molecule has 1 N–H and O–H groups in total. The summed E-state index contributed by atoms with van der Waals surface area (Å²) < 4.78 is 10.9. The normalized spacial score (nSPS) is 16.3. The molecule has 1 aliphatic rings. The van der Waals surface area contributed by atoms with Crippen molar-refractivity contribution >= 4 is 22.8 Å². The molecule has 7 nitrogen and oxygen atoms in total. The molecule has 1 fully saturated rings. The highest BCUT2D eigenvalue weighted by atomic mass is 16.5. The number of rotatable bonds is 5. The van der Waals surface area contributed by atoms with Crippen LogP contribution >= 0.6 is 0 Å². The van der Waals surface area contributed by atoms with Gasteiger partial charge in [-0.25, -0.2) is 4.79 Å². The molecular formula is C24H23N3O4. The summed E-state index contributed by atoms with van der Waals surface area (Å²) >= 11 is 0. The van der Waals surface area contributed by atoms with Gasteiger partial charge in [-0.05, 0) is 38.0 Å². The molecule has 0 radical (unpaired) electrons. The first-order chi connectivity index (χ1) is 15.0. The molecule has 1 saturated carbocycles. The molecular weight excluding hydrogens is 394 g/mol. The van der Waals surface area contributed by atoms with Crippen LogP contribution in [0.5, 0.6) is 0 Å². The minimum absolute atomic E-state index is 0.292. The van der Waals surface area contributed by atoms with Crippen LogP contribution < -0.4 is 5.32 Å². The smallest absolute Gasteiger partial charge is 0.338 e. The number of nitrogens with one attached hydrogen (secondary N) is 1. The minimum Gasteiger partial charge on any atom is -0.449 e. The zero-order chi connectivity index (χ0) is 21.8. The van der Waals surface area contributed by atoms with Crippen LogP contribution in [0.2, 0.25) is 0 Å². The number of hydrogen-bond donors (Lipinski definition) is 1. The van der Waals surface area contributed by atoms with Gasteiger partial charge in [-0.1, -0.05) is 54.8 Å². The lowest BCUT2D eigenvalue weighted by atomic mass is 9.83. The fourth-order valence-electron chi connectivity index (χ4n) is 3.91. The lowest BCUT2D eigenvalue weighted by molar-refractivity contribution is -0.130. The number of nitriles is 1. The van der Waals surface area contributed by atoms with Gasteiger partial charge in [0.25, 0.3) is 5.91 Å². The van der Waals surface area contributed by atoms with E-state index >= 15 is 0 Å². The van der Waals surface area contributed by atoms with Crippen molar-refractivity contribution in [2.45, 2.75) is 50.7 Å². The summed E-state index contributed by atoms with van der Waals surface area (Å²) in [5.41, 5.74) is 0.884. The number of fused-ring (bicyclic) bond motifs is 1. The van der Waals surface area contributed by atoms with Crippen molar-refractivity contribution in [2.24, 2.45) is 0 Å². The molecule has 1 heterocycles. The Kier molecular flexibility index (Phi) is 5.72. The Morgan fingerprint density at radius 1 is 1.16 bits per heavy atom. The molecule has 1 aliphatic carbocycles. The highest BCUT2D eigenvalue weighted by molar-refractivity contribution is 5.99. The molecule has 1 atom stereocenters. The molecule has 7 heteroatoms. The van der Waals surface area contributed by atoms with E-state index < -0.39 is 23.5 Å². The molecule has 1 amide bonds. The van der Waals surface area contributed by atoms with Crippen molar-refractivity contribution < 1.29 is 18.8 Å².